The van der Waals surface area contributed by atoms with E-state index in [-0.39, 0.29) is 36.7 Å². The maximum absolute atomic E-state index is 13.4. The number of imidazole rings is 1. The fourth-order valence-corrected chi connectivity index (χ4v) is 2.80. The fourth-order valence-electron chi connectivity index (χ4n) is 2.80. The van der Waals surface area contributed by atoms with Crippen LogP contribution >= 0.6 is 24.8 Å². The molecule has 9 heteroatoms. The Hall–Kier alpha value is -1.28. The van der Waals surface area contributed by atoms with Gasteiger partial charge in [-0.1, -0.05) is 12.1 Å². The molecule has 1 fully saturated rings. The van der Waals surface area contributed by atoms with Crippen LogP contribution in [0.25, 0.3) is 0 Å². The summed E-state index contributed by atoms with van der Waals surface area (Å²) in [6.45, 7) is -0.189. The van der Waals surface area contributed by atoms with Gasteiger partial charge < -0.3 is 5.32 Å². The highest BCUT2D eigenvalue weighted by Crippen LogP contribution is 2.25. The number of aromatic nitrogens is 2. The van der Waals surface area contributed by atoms with Crippen molar-refractivity contribution in [2.75, 3.05) is 19.6 Å². The summed E-state index contributed by atoms with van der Waals surface area (Å²) < 4.78 is 40.2. The number of nitrogens with one attached hydrogen (secondary N) is 1. The minimum atomic E-state index is -2.60. The van der Waals surface area contributed by atoms with E-state index in [1.165, 1.54) is 24.5 Å². The molecule has 0 amide bonds. The minimum absolute atomic E-state index is 0. The number of alkyl halides is 2. The van der Waals surface area contributed by atoms with E-state index in [0.29, 0.717) is 25.5 Å². The van der Waals surface area contributed by atoms with E-state index in [0.717, 1.165) is 16.7 Å². The van der Waals surface area contributed by atoms with Gasteiger partial charge in [0.15, 0.2) is 0 Å². The van der Waals surface area contributed by atoms with Crippen molar-refractivity contribution in [3.05, 3.63) is 53.9 Å². The number of benzene rings is 1. The van der Waals surface area contributed by atoms with Crippen molar-refractivity contribution in [1.29, 1.82) is 0 Å². The summed E-state index contributed by atoms with van der Waals surface area (Å²) in [7, 11) is 0. The van der Waals surface area contributed by atoms with Gasteiger partial charge in [0.2, 0.25) is 0 Å². The van der Waals surface area contributed by atoms with E-state index in [4.69, 9.17) is 0 Å². The first-order valence-electron chi connectivity index (χ1n) is 7.15. The number of hydrogen-bond donors (Lipinski definition) is 1. The molecule has 2 heterocycles. The monoisotopic (exact) mass is 382 g/mol. The molecule has 0 spiro atoms. The molecule has 0 bridgehead atoms. The van der Waals surface area contributed by atoms with Gasteiger partial charge in [0.05, 0.1) is 6.54 Å². The second kappa shape index (κ2) is 9.27. The summed E-state index contributed by atoms with van der Waals surface area (Å²) in [6.07, 6.45) is 2.65. The molecule has 3 rings (SSSR count). The molecule has 1 aliphatic heterocycles. The summed E-state index contributed by atoms with van der Waals surface area (Å²) in [5.41, 5.74) is 0.836. The van der Waals surface area contributed by atoms with E-state index < -0.39 is 6.55 Å². The summed E-state index contributed by atoms with van der Waals surface area (Å²) in [5.74, 6) is 0.0235. The van der Waals surface area contributed by atoms with Crippen molar-refractivity contribution < 1.29 is 13.2 Å². The van der Waals surface area contributed by atoms with Crippen molar-refractivity contribution in [2.45, 2.75) is 19.1 Å². The highest BCUT2D eigenvalue weighted by atomic mass is 35.5. The summed E-state index contributed by atoms with van der Waals surface area (Å²) in [6, 6.07) is 6.34. The molecule has 2 aromatic rings. The Labute approximate surface area is 150 Å². The number of rotatable bonds is 4. The molecule has 1 aliphatic rings. The third-order valence-electron chi connectivity index (χ3n) is 3.89. The Kier molecular flexibility index (Phi) is 8.02. The largest absolute Gasteiger partial charge is 0.319 e. The predicted octanol–water partition coefficient (Wildman–Crippen LogP) is 3.41. The molecule has 1 aromatic heterocycles. The lowest BCUT2D eigenvalue weighted by atomic mass is 10.0. The second-order valence-electron chi connectivity index (χ2n) is 5.27. The number of halogens is 5. The van der Waals surface area contributed by atoms with Crippen LogP contribution in [0.2, 0.25) is 0 Å². The van der Waals surface area contributed by atoms with Gasteiger partial charge >= 0.3 is 6.55 Å². The third-order valence-corrected chi connectivity index (χ3v) is 3.89. The molecule has 4 nitrogen and oxygen atoms in total. The quantitative estimate of drug-likeness (QED) is 0.879. The second-order valence-corrected chi connectivity index (χ2v) is 5.27. The minimum Gasteiger partial charge on any atom is -0.314 e. The van der Waals surface area contributed by atoms with Gasteiger partial charge in [-0.25, -0.2) is 9.37 Å². The van der Waals surface area contributed by atoms with Crippen LogP contribution in [0.3, 0.4) is 0 Å². The average molecular weight is 383 g/mol. The first-order chi connectivity index (χ1) is 10.6. The van der Waals surface area contributed by atoms with E-state index in [9.17, 15) is 13.2 Å². The van der Waals surface area contributed by atoms with Gasteiger partial charge in [0, 0.05) is 38.1 Å². The Morgan fingerprint density at radius 2 is 2.08 bits per heavy atom. The Balaban J connectivity index is 0.00000144. The smallest absolute Gasteiger partial charge is 0.314 e. The third kappa shape index (κ3) is 4.63. The number of hydrogen-bond acceptors (Lipinski definition) is 3. The van der Waals surface area contributed by atoms with Crippen LogP contribution in [0, 0.1) is 5.82 Å². The molecule has 1 unspecified atom stereocenters. The zero-order valence-electron chi connectivity index (χ0n) is 12.7. The summed E-state index contributed by atoms with van der Waals surface area (Å²) in [4.78, 5) is 6.07. The molecule has 1 aromatic carbocycles. The van der Waals surface area contributed by atoms with Crippen LogP contribution in [-0.4, -0.2) is 34.1 Å². The molecule has 1 N–H and O–H groups in total. The lowest BCUT2D eigenvalue weighted by molar-refractivity contribution is 0.0605. The lowest BCUT2D eigenvalue weighted by Gasteiger charge is -2.36. The van der Waals surface area contributed by atoms with E-state index in [2.05, 4.69) is 10.3 Å². The SMILES string of the molecule is Cl.Cl.Fc1cccc(C2CNCCN2Cc2nccn2C(F)F)c1. The van der Waals surface area contributed by atoms with Gasteiger partial charge in [0.25, 0.3) is 0 Å². The first kappa shape index (κ1) is 20.8. The van der Waals surface area contributed by atoms with E-state index in [1.54, 1.807) is 6.07 Å². The molecule has 1 saturated heterocycles. The van der Waals surface area contributed by atoms with Crippen molar-refractivity contribution in [3.63, 3.8) is 0 Å². The molecule has 1 atom stereocenters. The normalized spacial score (nSPS) is 18.1. The maximum Gasteiger partial charge on any atom is 0.319 e. The Bertz CT molecular complexity index is 639. The van der Waals surface area contributed by atoms with Crippen molar-refractivity contribution in [2.24, 2.45) is 0 Å². The van der Waals surface area contributed by atoms with E-state index >= 15 is 0 Å². The van der Waals surface area contributed by atoms with Crippen LogP contribution < -0.4 is 5.32 Å². The molecule has 24 heavy (non-hydrogen) atoms. The molecule has 0 radical (unpaired) electrons. The number of piperazine rings is 1. The predicted molar refractivity (Wildman–Crippen MR) is 90.4 cm³/mol. The molecule has 0 saturated carbocycles. The van der Waals surface area contributed by atoms with Gasteiger partial charge in [-0.2, -0.15) is 8.78 Å². The van der Waals surface area contributed by atoms with Crippen LogP contribution in [0.4, 0.5) is 13.2 Å². The summed E-state index contributed by atoms with van der Waals surface area (Å²) >= 11 is 0. The average Bonchev–Trinajstić information content (AvgIpc) is 2.96. The van der Waals surface area contributed by atoms with Gasteiger partial charge in [-0.15, -0.1) is 24.8 Å². The Morgan fingerprint density at radius 3 is 2.79 bits per heavy atom. The van der Waals surface area contributed by atoms with Crippen LogP contribution in [0.1, 0.15) is 24.0 Å². The highest BCUT2D eigenvalue weighted by Gasteiger charge is 2.26. The maximum atomic E-state index is 13.4. The van der Waals surface area contributed by atoms with Crippen LogP contribution in [0.5, 0.6) is 0 Å². The summed E-state index contributed by atoms with van der Waals surface area (Å²) in [5, 5.41) is 3.26. The molecular formula is C15H19Cl2F3N4. The van der Waals surface area contributed by atoms with Crippen molar-refractivity contribution in [1.82, 2.24) is 19.8 Å². The molecular weight excluding hydrogens is 364 g/mol. The zero-order chi connectivity index (χ0) is 15.5. The number of nitrogens with zero attached hydrogens (tertiary/aromatic N) is 3. The van der Waals surface area contributed by atoms with Crippen LogP contribution in [-0.2, 0) is 6.54 Å². The first-order valence-corrected chi connectivity index (χ1v) is 7.15. The highest BCUT2D eigenvalue weighted by molar-refractivity contribution is 5.85. The topological polar surface area (TPSA) is 33.1 Å². The van der Waals surface area contributed by atoms with Gasteiger partial charge in [0.1, 0.15) is 11.6 Å². The molecule has 0 aliphatic carbocycles. The van der Waals surface area contributed by atoms with Crippen molar-refractivity contribution >= 4 is 24.8 Å². The molecule has 134 valence electrons. The fraction of sp³-hybridized carbons (Fsp3) is 0.400. The van der Waals surface area contributed by atoms with Gasteiger partial charge in [-0.05, 0) is 17.7 Å². The van der Waals surface area contributed by atoms with Crippen molar-refractivity contribution in [3.8, 4) is 0 Å². The lowest BCUT2D eigenvalue weighted by Crippen LogP contribution is -2.45. The van der Waals surface area contributed by atoms with E-state index in [1.807, 2.05) is 11.0 Å². The van der Waals surface area contributed by atoms with Crippen LogP contribution in [0.15, 0.2) is 36.7 Å². The standard InChI is InChI=1S/C15H17F3N4.2ClH/c16-12-3-1-2-11(8-12)13-9-19-4-6-21(13)10-14-20-5-7-22(14)15(17)18;;/h1-3,5,7-8,13,15,19H,4,6,9-10H2;2*1H. The Morgan fingerprint density at radius 1 is 1.29 bits per heavy atom. The van der Waals surface area contributed by atoms with Gasteiger partial charge in [-0.3, -0.25) is 9.47 Å². The zero-order valence-corrected chi connectivity index (χ0v) is 14.4.